The van der Waals surface area contributed by atoms with Crippen molar-refractivity contribution in [1.82, 2.24) is 14.9 Å². The molecule has 1 heterocycles. The van der Waals surface area contributed by atoms with Crippen molar-refractivity contribution in [2.24, 2.45) is 0 Å². The Balaban J connectivity index is 1.49. The molecule has 34 heavy (non-hydrogen) atoms. The van der Waals surface area contributed by atoms with E-state index in [0.29, 0.717) is 5.69 Å². The third-order valence-electron chi connectivity index (χ3n) is 5.47. The Labute approximate surface area is 199 Å². The number of carbonyl (C=O) groups excluding carboxylic acids is 1. The summed E-state index contributed by atoms with van der Waals surface area (Å²) < 4.78 is 29.8. The Kier molecular flexibility index (Phi) is 6.79. The Bertz CT molecular complexity index is 1360. The number of amides is 1. The van der Waals surface area contributed by atoms with Crippen molar-refractivity contribution in [2.75, 3.05) is 10.8 Å². The minimum Gasteiger partial charge on any atom is -0.350 e. The number of imidazole rings is 1. The number of rotatable bonds is 8. The first-order chi connectivity index (χ1) is 16.3. The van der Waals surface area contributed by atoms with Gasteiger partial charge in [0.25, 0.3) is 10.0 Å². The molecule has 0 atom stereocenters. The molecule has 1 aromatic heterocycles. The zero-order valence-corrected chi connectivity index (χ0v) is 19.9. The molecule has 7 nitrogen and oxygen atoms in total. The average Bonchev–Trinajstić information content (AvgIpc) is 3.28. The molecular weight excluding hydrogens is 448 g/mol. The van der Waals surface area contributed by atoms with Gasteiger partial charge in [-0.25, -0.2) is 13.4 Å². The highest BCUT2D eigenvalue weighted by Gasteiger charge is 2.27. The van der Waals surface area contributed by atoms with Crippen molar-refractivity contribution in [1.29, 1.82) is 0 Å². The third kappa shape index (κ3) is 5.18. The van der Waals surface area contributed by atoms with E-state index in [1.165, 1.54) is 12.1 Å². The molecule has 0 radical (unpaired) electrons. The maximum Gasteiger partial charge on any atom is 0.264 e. The van der Waals surface area contributed by atoms with E-state index in [9.17, 15) is 13.2 Å². The van der Waals surface area contributed by atoms with Crippen molar-refractivity contribution in [3.8, 4) is 5.69 Å². The number of benzene rings is 3. The fourth-order valence-electron chi connectivity index (χ4n) is 3.56. The molecule has 1 amide bonds. The Morgan fingerprint density at radius 2 is 1.62 bits per heavy atom. The van der Waals surface area contributed by atoms with Crippen LogP contribution in [-0.2, 0) is 21.4 Å². The van der Waals surface area contributed by atoms with Crippen molar-refractivity contribution in [3.05, 3.63) is 108 Å². The minimum absolute atomic E-state index is 0.133. The summed E-state index contributed by atoms with van der Waals surface area (Å²) in [5.41, 5.74) is 3.32. The molecule has 4 aromatic rings. The third-order valence-corrected chi connectivity index (χ3v) is 7.26. The quantitative estimate of drug-likeness (QED) is 0.418. The molecule has 174 valence electrons. The lowest BCUT2D eigenvalue weighted by Gasteiger charge is -2.24. The van der Waals surface area contributed by atoms with E-state index in [0.717, 1.165) is 26.9 Å². The molecule has 0 fully saturated rings. The summed E-state index contributed by atoms with van der Waals surface area (Å²) in [6, 6.07) is 22.9. The van der Waals surface area contributed by atoms with E-state index in [4.69, 9.17) is 0 Å². The molecule has 0 unspecified atom stereocenters. The molecule has 0 aliphatic rings. The van der Waals surface area contributed by atoms with Crippen LogP contribution >= 0.6 is 0 Å². The van der Waals surface area contributed by atoms with Gasteiger partial charge in [-0.3, -0.25) is 9.10 Å². The molecule has 0 bridgehead atoms. The van der Waals surface area contributed by atoms with Crippen LogP contribution in [0.1, 0.15) is 17.0 Å². The fraction of sp³-hybridized carbons (Fsp3) is 0.154. The van der Waals surface area contributed by atoms with Gasteiger partial charge < -0.3 is 9.88 Å². The Morgan fingerprint density at radius 1 is 0.941 bits per heavy atom. The van der Waals surface area contributed by atoms with Gasteiger partial charge in [-0.15, -0.1) is 0 Å². The first-order valence-corrected chi connectivity index (χ1v) is 12.3. The first kappa shape index (κ1) is 23.3. The second-order valence-electron chi connectivity index (χ2n) is 7.95. The summed E-state index contributed by atoms with van der Waals surface area (Å²) in [4.78, 5) is 17.2. The van der Waals surface area contributed by atoms with Crippen LogP contribution in [0, 0.1) is 13.8 Å². The lowest BCUT2D eigenvalue weighted by molar-refractivity contribution is -0.119. The maximum absolute atomic E-state index is 13.3. The molecule has 0 aliphatic carbocycles. The van der Waals surface area contributed by atoms with E-state index in [-0.39, 0.29) is 18.0 Å². The molecule has 0 spiro atoms. The second kappa shape index (κ2) is 9.93. The summed E-state index contributed by atoms with van der Waals surface area (Å²) in [6.07, 6.45) is 3.63. The van der Waals surface area contributed by atoms with Crippen LogP contribution in [0.2, 0.25) is 0 Å². The summed E-state index contributed by atoms with van der Waals surface area (Å²) in [6.45, 7) is 3.81. The van der Waals surface area contributed by atoms with Gasteiger partial charge in [0.2, 0.25) is 5.91 Å². The SMILES string of the molecule is Cc1ccc(N(CC(=O)NCc2ccc(-n3ccnc3C)cc2)S(=O)(=O)c2ccccc2)cc1. The van der Waals surface area contributed by atoms with Crippen LogP contribution in [0.25, 0.3) is 5.69 Å². The van der Waals surface area contributed by atoms with Crippen LogP contribution < -0.4 is 9.62 Å². The van der Waals surface area contributed by atoms with E-state index in [2.05, 4.69) is 10.3 Å². The fourth-order valence-corrected chi connectivity index (χ4v) is 5.00. The first-order valence-electron chi connectivity index (χ1n) is 10.8. The predicted molar refractivity (Wildman–Crippen MR) is 132 cm³/mol. The lowest BCUT2D eigenvalue weighted by Crippen LogP contribution is -2.40. The van der Waals surface area contributed by atoms with Crippen molar-refractivity contribution in [3.63, 3.8) is 0 Å². The molecule has 3 aromatic carbocycles. The normalized spacial score (nSPS) is 11.2. The molecular formula is C26H26N4O3S. The number of hydrogen-bond acceptors (Lipinski definition) is 4. The largest absolute Gasteiger partial charge is 0.350 e. The van der Waals surface area contributed by atoms with Crippen LogP contribution in [0.4, 0.5) is 5.69 Å². The molecule has 8 heteroatoms. The van der Waals surface area contributed by atoms with Gasteiger partial charge in [0, 0.05) is 24.6 Å². The van der Waals surface area contributed by atoms with Crippen molar-refractivity contribution in [2.45, 2.75) is 25.3 Å². The van der Waals surface area contributed by atoms with Crippen molar-refractivity contribution >= 4 is 21.6 Å². The van der Waals surface area contributed by atoms with E-state index < -0.39 is 15.9 Å². The highest BCUT2D eigenvalue weighted by Crippen LogP contribution is 2.24. The van der Waals surface area contributed by atoms with Gasteiger partial charge in [0.05, 0.1) is 10.6 Å². The summed E-state index contributed by atoms with van der Waals surface area (Å²) in [7, 11) is -3.92. The standard InChI is InChI=1S/C26H26N4O3S/c1-20-8-12-24(13-9-20)30(34(32,33)25-6-4-3-5-7-25)19-26(31)28-18-22-10-14-23(15-11-22)29-17-16-27-21(29)2/h3-17H,18-19H2,1-2H3,(H,28,31). The summed E-state index contributed by atoms with van der Waals surface area (Å²) in [5, 5.41) is 2.84. The van der Waals surface area contributed by atoms with Gasteiger partial charge in [-0.05, 0) is 55.8 Å². The number of nitrogens with one attached hydrogen (secondary N) is 1. The summed E-state index contributed by atoms with van der Waals surface area (Å²) in [5.74, 6) is 0.492. The van der Waals surface area contributed by atoms with Crippen LogP contribution in [0.3, 0.4) is 0 Å². The van der Waals surface area contributed by atoms with Gasteiger partial charge in [-0.1, -0.05) is 48.0 Å². The average molecular weight is 475 g/mol. The number of sulfonamides is 1. The maximum atomic E-state index is 13.3. The molecule has 4 rings (SSSR count). The number of carbonyl (C=O) groups is 1. The van der Waals surface area contributed by atoms with Crippen LogP contribution in [0.15, 0.2) is 96.2 Å². The predicted octanol–water partition coefficient (Wildman–Crippen LogP) is 4.00. The molecule has 0 saturated carbocycles. The molecule has 0 saturated heterocycles. The van der Waals surface area contributed by atoms with Crippen LogP contribution in [-0.4, -0.2) is 30.4 Å². The summed E-state index contributed by atoms with van der Waals surface area (Å²) >= 11 is 0. The van der Waals surface area contributed by atoms with Crippen molar-refractivity contribution < 1.29 is 13.2 Å². The topological polar surface area (TPSA) is 84.3 Å². The zero-order valence-electron chi connectivity index (χ0n) is 19.0. The number of nitrogens with zero attached hydrogens (tertiary/aromatic N) is 3. The molecule has 1 N–H and O–H groups in total. The van der Waals surface area contributed by atoms with E-state index >= 15 is 0 Å². The highest BCUT2D eigenvalue weighted by molar-refractivity contribution is 7.92. The Hall–Kier alpha value is -3.91. The lowest BCUT2D eigenvalue weighted by atomic mass is 10.2. The zero-order chi connectivity index (χ0) is 24.1. The highest BCUT2D eigenvalue weighted by atomic mass is 32.2. The minimum atomic E-state index is -3.92. The Morgan fingerprint density at radius 3 is 2.24 bits per heavy atom. The monoisotopic (exact) mass is 474 g/mol. The van der Waals surface area contributed by atoms with Gasteiger partial charge >= 0.3 is 0 Å². The van der Waals surface area contributed by atoms with Gasteiger partial charge in [-0.2, -0.15) is 0 Å². The van der Waals surface area contributed by atoms with E-state index in [1.807, 2.05) is 61.0 Å². The number of anilines is 1. The van der Waals surface area contributed by atoms with Crippen LogP contribution in [0.5, 0.6) is 0 Å². The number of aryl methyl sites for hydroxylation is 2. The smallest absolute Gasteiger partial charge is 0.264 e. The van der Waals surface area contributed by atoms with Gasteiger partial charge in [0.1, 0.15) is 12.4 Å². The molecule has 0 aliphatic heterocycles. The van der Waals surface area contributed by atoms with Gasteiger partial charge in [0.15, 0.2) is 0 Å². The second-order valence-corrected chi connectivity index (χ2v) is 9.81. The number of hydrogen-bond donors (Lipinski definition) is 1. The number of aromatic nitrogens is 2. The van der Waals surface area contributed by atoms with E-state index in [1.54, 1.807) is 36.5 Å².